The molecule has 0 spiro atoms. The van der Waals surface area contributed by atoms with Crippen LogP contribution < -0.4 is 5.56 Å². The smallest absolute Gasteiger partial charge is 0.379 e. The molecule has 16 heteroatoms. The van der Waals surface area contributed by atoms with Crippen LogP contribution in [0.2, 0.25) is 0 Å². The van der Waals surface area contributed by atoms with Crippen molar-refractivity contribution in [1.82, 2.24) is 19.7 Å². The third-order valence-electron chi connectivity index (χ3n) is 6.41. The highest BCUT2D eigenvalue weighted by atomic mass is 16.7. The zero-order valence-corrected chi connectivity index (χ0v) is 26.0. The van der Waals surface area contributed by atoms with Crippen molar-refractivity contribution in [3.63, 3.8) is 0 Å². The molecule has 2 heterocycles. The molecule has 3 aromatic rings. The third kappa shape index (κ3) is 9.09. The monoisotopic (exact) mass is 624 g/mol. The van der Waals surface area contributed by atoms with E-state index in [1.165, 1.54) is 33.0 Å². The Bertz CT molecular complexity index is 1390. The van der Waals surface area contributed by atoms with Crippen molar-refractivity contribution in [2.45, 2.75) is 45.6 Å². The topological polar surface area (TPSA) is 174 Å². The molecule has 244 valence electrons. The molecule has 0 saturated carbocycles. The van der Waals surface area contributed by atoms with Gasteiger partial charge in [0.15, 0.2) is 5.69 Å². The Balaban J connectivity index is 2.17. The van der Waals surface area contributed by atoms with Crippen LogP contribution in [-0.4, -0.2) is 113 Å². The molecule has 16 nitrogen and oxygen atoms in total. The van der Waals surface area contributed by atoms with Crippen LogP contribution in [-0.2, 0) is 49.2 Å². The maximum absolute atomic E-state index is 14.1. The Morgan fingerprint density at radius 1 is 0.886 bits per heavy atom. The number of hydrogen-bond acceptors (Lipinski definition) is 15. The number of aromatic nitrogens is 4. The van der Waals surface area contributed by atoms with Gasteiger partial charge in [0, 0.05) is 28.4 Å². The summed E-state index contributed by atoms with van der Waals surface area (Å²) in [5, 5.41) is 3.67. The minimum Gasteiger partial charge on any atom is -0.460 e. The molecule has 3 rings (SSSR count). The van der Waals surface area contributed by atoms with E-state index >= 15 is 0 Å². The SMILES string of the molecule is CCOC(=O)c1noc(-c2nc3cc(C)c(C)cc3n(C[C@H](OCOC)[C@H](OCOC)[C@@H](COCOC)OCOC)c2=O)n1. The fourth-order valence-electron chi connectivity index (χ4n) is 4.24. The number of rotatable bonds is 20. The predicted molar refractivity (Wildman–Crippen MR) is 153 cm³/mol. The van der Waals surface area contributed by atoms with Crippen LogP contribution >= 0.6 is 0 Å². The standard InChI is InChI=1S/C28H40N4O12/c1-8-40-28(34)25-30-26(44-31-25)23-27(33)32(20-10-18(3)17(2)9-19(20)29-23)11-21(41-14-36-5)24(43-16-38-7)22(42-15-37-6)12-39-13-35-4/h9-10,21-22,24H,8,11-16H2,1-7H3/t21-,22+,24-/m0/s1. The molecule has 0 fully saturated rings. The van der Waals surface area contributed by atoms with E-state index < -0.39 is 29.8 Å². The largest absolute Gasteiger partial charge is 0.460 e. The van der Waals surface area contributed by atoms with Crippen molar-refractivity contribution in [2.24, 2.45) is 0 Å². The van der Waals surface area contributed by atoms with Gasteiger partial charge in [-0.15, -0.1) is 0 Å². The summed E-state index contributed by atoms with van der Waals surface area (Å²) in [6.45, 7) is 5.24. The molecule has 44 heavy (non-hydrogen) atoms. The Labute approximate surface area is 254 Å². The highest BCUT2D eigenvalue weighted by Gasteiger charge is 2.35. The van der Waals surface area contributed by atoms with E-state index in [0.717, 1.165) is 11.1 Å². The molecule has 0 aliphatic heterocycles. The molecule has 0 N–H and O–H groups in total. The minimum absolute atomic E-state index is 0.00183. The number of ether oxygens (including phenoxy) is 9. The van der Waals surface area contributed by atoms with E-state index in [4.69, 9.17) is 47.2 Å². The first-order valence-corrected chi connectivity index (χ1v) is 13.7. The Kier molecular flexibility index (Phi) is 14.2. The lowest BCUT2D eigenvalue weighted by atomic mass is 10.1. The van der Waals surface area contributed by atoms with Crippen LogP contribution in [0.5, 0.6) is 0 Å². The van der Waals surface area contributed by atoms with Gasteiger partial charge in [-0.25, -0.2) is 9.78 Å². The van der Waals surface area contributed by atoms with Gasteiger partial charge in [0.1, 0.15) is 45.5 Å². The number of esters is 1. The second-order valence-electron chi connectivity index (χ2n) is 9.48. The fraction of sp³-hybridized carbons (Fsp3) is 0.607. The highest BCUT2D eigenvalue weighted by Crippen LogP contribution is 2.23. The van der Waals surface area contributed by atoms with Gasteiger partial charge in [0.25, 0.3) is 17.3 Å². The van der Waals surface area contributed by atoms with Gasteiger partial charge in [-0.2, -0.15) is 4.98 Å². The van der Waals surface area contributed by atoms with Gasteiger partial charge in [-0.1, -0.05) is 0 Å². The van der Waals surface area contributed by atoms with Crippen molar-refractivity contribution >= 4 is 17.0 Å². The predicted octanol–water partition coefficient (Wildman–Crippen LogP) is 1.83. The summed E-state index contributed by atoms with van der Waals surface area (Å²) in [6, 6.07) is 3.68. The third-order valence-corrected chi connectivity index (χ3v) is 6.41. The van der Waals surface area contributed by atoms with Crippen LogP contribution in [0.25, 0.3) is 22.6 Å². The second-order valence-corrected chi connectivity index (χ2v) is 9.48. The number of methoxy groups -OCH3 is 4. The maximum atomic E-state index is 14.1. The molecular formula is C28H40N4O12. The first-order chi connectivity index (χ1) is 21.3. The van der Waals surface area contributed by atoms with E-state index in [0.29, 0.717) is 11.0 Å². The van der Waals surface area contributed by atoms with E-state index in [-0.39, 0.29) is 64.3 Å². The summed E-state index contributed by atoms with van der Waals surface area (Å²) in [5.41, 5.74) is 2.09. The molecule has 0 aliphatic carbocycles. The van der Waals surface area contributed by atoms with Gasteiger partial charge in [-0.3, -0.25) is 4.79 Å². The lowest BCUT2D eigenvalue weighted by molar-refractivity contribution is -0.223. The van der Waals surface area contributed by atoms with Gasteiger partial charge < -0.3 is 51.7 Å². The van der Waals surface area contributed by atoms with E-state index in [1.54, 1.807) is 6.92 Å². The zero-order chi connectivity index (χ0) is 32.1. The van der Waals surface area contributed by atoms with Gasteiger partial charge in [0.2, 0.25) is 0 Å². The van der Waals surface area contributed by atoms with Crippen LogP contribution in [0.4, 0.5) is 0 Å². The first kappa shape index (κ1) is 35.1. The summed E-state index contributed by atoms with van der Waals surface area (Å²) in [5.74, 6) is -1.37. The normalized spacial score (nSPS) is 13.7. The van der Waals surface area contributed by atoms with Crippen molar-refractivity contribution in [2.75, 3.05) is 68.8 Å². The highest BCUT2D eigenvalue weighted by molar-refractivity contribution is 5.85. The molecule has 0 unspecified atom stereocenters. The molecule has 0 radical (unpaired) electrons. The molecular weight excluding hydrogens is 584 g/mol. The number of fused-ring (bicyclic) bond motifs is 1. The Morgan fingerprint density at radius 2 is 1.52 bits per heavy atom. The van der Waals surface area contributed by atoms with Crippen molar-refractivity contribution in [3.8, 4) is 11.6 Å². The Hall–Kier alpha value is -3.35. The van der Waals surface area contributed by atoms with Gasteiger partial charge in [0.05, 0.1) is 30.8 Å². The summed E-state index contributed by atoms with van der Waals surface area (Å²) in [4.78, 5) is 34.9. The Morgan fingerprint density at radius 3 is 2.18 bits per heavy atom. The maximum Gasteiger partial charge on any atom is 0.379 e. The fourth-order valence-corrected chi connectivity index (χ4v) is 4.24. The van der Waals surface area contributed by atoms with Crippen LogP contribution in [0, 0.1) is 13.8 Å². The second kappa shape index (κ2) is 17.8. The quantitative estimate of drug-likeness (QED) is 0.101. The average Bonchev–Trinajstić information content (AvgIpc) is 3.50. The number of carbonyl (C=O) groups is 1. The van der Waals surface area contributed by atoms with Gasteiger partial charge >= 0.3 is 5.97 Å². The minimum atomic E-state index is -0.867. The molecule has 3 atom stereocenters. The number of aryl methyl sites for hydroxylation is 2. The number of carbonyl (C=O) groups excluding carboxylic acids is 1. The van der Waals surface area contributed by atoms with Crippen molar-refractivity contribution in [1.29, 1.82) is 0 Å². The van der Waals surface area contributed by atoms with Crippen molar-refractivity contribution < 1.29 is 51.9 Å². The summed E-state index contributed by atoms with van der Waals surface area (Å²) >= 11 is 0. The molecule has 2 aromatic heterocycles. The summed E-state index contributed by atoms with van der Waals surface area (Å²) in [6.07, 6.45) is -2.48. The van der Waals surface area contributed by atoms with Crippen LogP contribution in [0.3, 0.4) is 0 Å². The summed E-state index contributed by atoms with van der Waals surface area (Å²) in [7, 11) is 5.92. The first-order valence-electron chi connectivity index (χ1n) is 13.7. The number of nitrogens with zero attached hydrogens (tertiary/aromatic N) is 4. The molecule has 0 aliphatic rings. The number of benzene rings is 1. The average molecular weight is 625 g/mol. The van der Waals surface area contributed by atoms with Gasteiger partial charge in [-0.05, 0) is 49.2 Å². The number of hydrogen-bond donors (Lipinski definition) is 0. The van der Waals surface area contributed by atoms with Crippen molar-refractivity contribution in [3.05, 3.63) is 39.4 Å². The molecule has 0 amide bonds. The van der Waals surface area contributed by atoms with E-state index in [1.807, 2.05) is 26.0 Å². The summed E-state index contributed by atoms with van der Waals surface area (Å²) < 4.78 is 55.9. The van der Waals surface area contributed by atoms with E-state index in [9.17, 15) is 9.59 Å². The zero-order valence-electron chi connectivity index (χ0n) is 26.0. The molecule has 0 bridgehead atoms. The van der Waals surface area contributed by atoms with Crippen LogP contribution in [0.1, 0.15) is 28.7 Å². The van der Waals surface area contributed by atoms with E-state index in [2.05, 4.69) is 15.1 Å². The molecule has 0 saturated heterocycles. The van der Waals surface area contributed by atoms with Crippen LogP contribution in [0.15, 0.2) is 21.5 Å². The lowest BCUT2D eigenvalue weighted by Gasteiger charge is -2.33. The lowest BCUT2D eigenvalue weighted by Crippen LogP contribution is -2.48. The molecule has 1 aromatic carbocycles.